The molecule has 0 fully saturated rings. The molecule has 0 atom stereocenters. The van der Waals surface area contributed by atoms with Gasteiger partial charge in [0.1, 0.15) is 0 Å². The second-order valence-corrected chi connectivity index (χ2v) is 5.42. The summed E-state index contributed by atoms with van der Waals surface area (Å²) in [4.78, 5) is 1.31. The van der Waals surface area contributed by atoms with Crippen LogP contribution in [0, 0.1) is 0 Å². The molecule has 0 N–H and O–H groups in total. The summed E-state index contributed by atoms with van der Waals surface area (Å²) in [5.41, 5.74) is 1.30. The molecule has 2 heteroatoms. The van der Waals surface area contributed by atoms with Gasteiger partial charge in [0.05, 0.1) is 0 Å². The predicted octanol–water partition coefficient (Wildman–Crippen LogP) is 5.33. The first kappa shape index (κ1) is 10.1. The molecule has 0 nitrogen and oxygen atoms in total. The van der Waals surface area contributed by atoms with Crippen LogP contribution in [0.5, 0.6) is 0 Å². The highest BCUT2D eigenvalue weighted by molar-refractivity contribution is 9.10. The summed E-state index contributed by atoms with van der Waals surface area (Å²) in [7, 11) is 0. The van der Waals surface area contributed by atoms with Crippen LogP contribution in [-0.4, -0.2) is 0 Å². The van der Waals surface area contributed by atoms with E-state index in [1.807, 2.05) is 0 Å². The smallest absolute Gasteiger partial charge is 0.0360 e. The summed E-state index contributed by atoms with van der Waals surface area (Å²) >= 11 is 5.42. The Morgan fingerprint density at radius 3 is 2.56 bits per heavy atom. The average molecular weight is 289 g/mol. The number of hydrogen-bond donors (Lipinski definition) is 0. The zero-order valence-electron chi connectivity index (χ0n) is 8.48. The molecular weight excluding hydrogens is 280 g/mol. The minimum Gasteiger partial charge on any atom is -0.144 e. The van der Waals surface area contributed by atoms with E-state index in [0.717, 1.165) is 4.47 Å². The topological polar surface area (TPSA) is 0 Å². The fourth-order valence-electron chi connectivity index (χ4n) is 1.92. The van der Waals surface area contributed by atoms with Crippen molar-refractivity contribution >= 4 is 38.0 Å². The minimum absolute atomic E-state index is 1.16. The molecule has 78 valence electrons. The van der Waals surface area contributed by atoms with Crippen molar-refractivity contribution in [3.05, 3.63) is 58.4 Å². The Labute approximate surface area is 107 Å². The van der Waals surface area contributed by atoms with Gasteiger partial charge in [0.2, 0.25) is 0 Å². The Morgan fingerprint density at radius 1 is 0.875 bits per heavy atom. The molecule has 0 spiro atoms. The fourth-order valence-corrected chi connectivity index (χ4v) is 3.41. The molecule has 0 unspecified atom stereocenters. The van der Waals surface area contributed by atoms with E-state index >= 15 is 0 Å². The van der Waals surface area contributed by atoms with E-state index in [4.69, 9.17) is 0 Å². The third-order valence-electron chi connectivity index (χ3n) is 2.65. The van der Waals surface area contributed by atoms with Crippen LogP contribution >= 0.6 is 27.3 Å². The summed E-state index contributed by atoms with van der Waals surface area (Å²) in [6.45, 7) is 0. The van der Waals surface area contributed by atoms with Crippen LogP contribution in [0.15, 0.2) is 58.4 Å². The summed E-state index contributed by atoms with van der Waals surface area (Å²) in [6, 6.07) is 17.0. The first-order valence-electron chi connectivity index (χ1n) is 5.07. The lowest BCUT2D eigenvalue weighted by molar-refractivity contribution is 1.69. The van der Waals surface area contributed by atoms with E-state index in [1.54, 1.807) is 11.3 Å². The number of halogens is 1. The molecule has 0 saturated carbocycles. The molecule has 16 heavy (non-hydrogen) atoms. The average Bonchev–Trinajstić information content (AvgIpc) is 2.82. The van der Waals surface area contributed by atoms with Gasteiger partial charge in [0, 0.05) is 14.9 Å². The van der Waals surface area contributed by atoms with Crippen molar-refractivity contribution in [1.82, 2.24) is 0 Å². The molecule has 0 bridgehead atoms. The predicted molar refractivity (Wildman–Crippen MR) is 75.0 cm³/mol. The highest BCUT2D eigenvalue weighted by atomic mass is 79.9. The van der Waals surface area contributed by atoms with Gasteiger partial charge in [-0.2, -0.15) is 0 Å². The van der Waals surface area contributed by atoms with E-state index in [-0.39, 0.29) is 0 Å². The number of benzene rings is 2. The molecular formula is C14H9BrS. The monoisotopic (exact) mass is 288 g/mol. The maximum absolute atomic E-state index is 3.65. The van der Waals surface area contributed by atoms with Gasteiger partial charge >= 0.3 is 0 Å². The van der Waals surface area contributed by atoms with E-state index in [2.05, 4.69) is 69.8 Å². The van der Waals surface area contributed by atoms with Crippen LogP contribution in [0.4, 0.5) is 0 Å². The quantitative estimate of drug-likeness (QED) is 0.568. The standard InChI is InChI=1S/C14H9BrS/c15-12-8-7-10-4-1-2-5-11(10)14(12)13-6-3-9-16-13/h1-9H. The maximum atomic E-state index is 3.65. The van der Waals surface area contributed by atoms with Crippen LogP contribution in [0.1, 0.15) is 0 Å². The van der Waals surface area contributed by atoms with Gasteiger partial charge < -0.3 is 0 Å². The Morgan fingerprint density at radius 2 is 1.75 bits per heavy atom. The molecule has 2 aromatic carbocycles. The van der Waals surface area contributed by atoms with Gasteiger partial charge in [0.25, 0.3) is 0 Å². The molecule has 0 radical (unpaired) electrons. The largest absolute Gasteiger partial charge is 0.144 e. The van der Waals surface area contributed by atoms with Gasteiger partial charge in [-0.3, -0.25) is 0 Å². The lowest BCUT2D eigenvalue weighted by atomic mass is 10.0. The van der Waals surface area contributed by atoms with Crippen molar-refractivity contribution in [2.45, 2.75) is 0 Å². The van der Waals surface area contributed by atoms with Gasteiger partial charge in [-0.15, -0.1) is 11.3 Å². The van der Waals surface area contributed by atoms with E-state index in [1.165, 1.54) is 21.2 Å². The van der Waals surface area contributed by atoms with Crippen molar-refractivity contribution in [2.75, 3.05) is 0 Å². The first-order chi connectivity index (χ1) is 7.86. The SMILES string of the molecule is Brc1ccc2ccccc2c1-c1cccs1. The van der Waals surface area contributed by atoms with Gasteiger partial charge in [-0.1, -0.05) is 52.3 Å². The maximum Gasteiger partial charge on any atom is 0.0360 e. The number of thiophene rings is 1. The molecule has 3 rings (SSSR count). The van der Waals surface area contributed by atoms with Crippen molar-refractivity contribution in [1.29, 1.82) is 0 Å². The molecule has 1 heterocycles. The lowest BCUT2D eigenvalue weighted by Gasteiger charge is -2.07. The van der Waals surface area contributed by atoms with Crippen LogP contribution in [0.2, 0.25) is 0 Å². The highest BCUT2D eigenvalue weighted by Gasteiger charge is 2.08. The van der Waals surface area contributed by atoms with Gasteiger partial charge in [-0.05, 0) is 28.3 Å². The van der Waals surface area contributed by atoms with Crippen molar-refractivity contribution < 1.29 is 0 Å². The second-order valence-electron chi connectivity index (χ2n) is 3.62. The third-order valence-corrected chi connectivity index (χ3v) is 4.19. The Kier molecular flexibility index (Phi) is 2.54. The summed E-state index contributed by atoms with van der Waals surface area (Å²) in [5, 5.41) is 4.71. The normalized spacial score (nSPS) is 10.8. The summed E-state index contributed by atoms with van der Waals surface area (Å²) in [5.74, 6) is 0. The molecule has 0 aliphatic carbocycles. The number of hydrogen-bond acceptors (Lipinski definition) is 1. The second kappa shape index (κ2) is 4.04. The van der Waals surface area contributed by atoms with E-state index in [9.17, 15) is 0 Å². The van der Waals surface area contributed by atoms with Crippen molar-refractivity contribution in [3.8, 4) is 10.4 Å². The molecule has 0 aliphatic rings. The lowest BCUT2D eigenvalue weighted by Crippen LogP contribution is -1.80. The summed E-state index contributed by atoms with van der Waals surface area (Å²) < 4.78 is 1.16. The summed E-state index contributed by atoms with van der Waals surface area (Å²) in [6.07, 6.45) is 0. The van der Waals surface area contributed by atoms with Crippen molar-refractivity contribution in [3.63, 3.8) is 0 Å². The Hall–Kier alpha value is -1.12. The third kappa shape index (κ3) is 1.58. The van der Waals surface area contributed by atoms with Crippen molar-refractivity contribution in [2.24, 2.45) is 0 Å². The van der Waals surface area contributed by atoms with Crippen LogP contribution in [0.25, 0.3) is 21.2 Å². The van der Waals surface area contributed by atoms with Crippen LogP contribution in [-0.2, 0) is 0 Å². The van der Waals surface area contributed by atoms with E-state index < -0.39 is 0 Å². The fraction of sp³-hybridized carbons (Fsp3) is 0. The molecule has 0 saturated heterocycles. The minimum atomic E-state index is 1.16. The molecule has 0 aliphatic heterocycles. The number of rotatable bonds is 1. The van der Waals surface area contributed by atoms with Crippen LogP contribution in [0.3, 0.4) is 0 Å². The Balaban J connectivity index is 2.42. The molecule has 3 aromatic rings. The molecule has 0 amide bonds. The van der Waals surface area contributed by atoms with Gasteiger partial charge in [0.15, 0.2) is 0 Å². The Bertz CT molecular complexity index is 626. The van der Waals surface area contributed by atoms with Crippen LogP contribution < -0.4 is 0 Å². The van der Waals surface area contributed by atoms with Gasteiger partial charge in [-0.25, -0.2) is 0 Å². The number of fused-ring (bicyclic) bond motifs is 1. The van der Waals surface area contributed by atoms with E-state index in [0.29, 0.717) is 0 Å². The zero-order chi connectivity index (χ0) is 11.0. The highest BCUT2D eigenvalue weighted by Crippen LogP contribution is 2.37. The first-order valence-corrected chi connectivity index (χ1v) is 6.74. The molecule has 1 aromatic heterocycles. The zero-order valence-corrected chi connectivity index (χ0v) is 10.9.